The molecule has 1 aliphatic heterocycles. The summed E-state index contributed by atoms with van der Waals surface area (Å²) in [6, 6.07) is 0. The lowest BCUT2D eigenvalue weighted by Crippen LogP contribution is -1.93. The summed E-state index contributed by atoms with van der Waals surface area (Å²) in [5.74, 6) is 0.407. The van der Waals surface area contributed by atoms with Gasteiger partial charge < -0.3 is 4.84 Å². The summed E-state index contributed by atoms with van der Waals surface area (Å²) in [4.78, 5) is 4.57. The fourth-order valence-corrected chi connectivity index (χ4v) is 0.314. The van der Waals surface area contributed by atoms with Crippen molar-refractivity contribution in [2.24, 2.45) is 11.1 Å². The van der Waals surface area contributed by atoms with Crippen LogP contribution in [0.3, 0.4) is 0 Å². The van der Waals surface area contributed by atoms with Crippen molar-refractivity contribution in [1.29, 1.82) is 0 Å². The van der Waals surface area contributed by atoms with Crippen LogP contribution in [0.1, 0.15) is 6.92 Å². The van der Waals surface area contributed by atoms with E-state index in [9.17, 15) is 0 Å². The van der Waals surface area contributed by atoms with Crippen LogP contribution in [-0.4, -0.2) is 12.8 Å². The Balaban J connectivity index is 2.38. The highest BCUT2D eigenvalue weighted by atomic mass is 16.6. The van der Waals surface area contributed by atoms with Gasteiger partial charge in [-0.15, -0.1) is 0 Å². The second-order valence-electron chi connectivity index (χ2n) is 1.42. The third kappa shape index (κ3) is 0.506. The van der Waals surface area contributed by atoms with Crippen LogP contribution in [0, 0.1) is 5.92 Å². The van der Waals surface area contributed by atoms with Crippen molar-refractivity contribution in [3.05, 3.63) is 0 Å². The molecule has 0 saturated carbocycles. The molecular formula is C4H6NO. The van der Waals surface area contributed by atoms with E-state index in [1.807, 2.05) is 6.92 Å². The van der Waals surface area contributed by atoms with Gasteiger partial charge in [0.1, 0.15) is 12.8 Å². The summed E-state index contributed by atoms with van der Waals surface area (Å²) >= 11 is 0. The number of nitrogens with zero attached hydrogens (tertiary/aromatic N) is 1. The first-order valence-electron chi connectivity index (χ1n) is 1.97. The molecule has 0 aromatic heterocycles. The average molecular weight is 84.1 g/mol. The van der Waals surface area contributed by atoms with Gasteiger partial charge in [0.2, 0.25) is 0 Å². The Morgan fingerprint density at radius 1 is 2.00 bits per heavy atom. The van der Waals surface area contributed by atoms with Crippen molar-refractivity contribution in [3.8, 4) is 0 Å². The van der Waals surface area contributed by atoms with Gasteiger partial charge in [0, 0.05) is 5.92 Å². The zero-order valence-electron chi connectivity index (χ0n) is 3.64. The van der Waals surface area contributed by atoms with Crippen molar-refractivity contribution < 1.29 is 4.84 Å². The van der Waals surface area contributed by atoms with Crippen LogP contribution in [0.4, 0.5) is 0 Å². The molecule has 1 atom stereocenters. The van der Waals surface area contributed by atoms with E-state index in [4.69, 9.17) is 0 Å². The third-order valence-corrected chi connectivity index (χ3v) is 0.662. The average Bonchev–Trinajstić information content (AvgIpc) is 1.86. The normalized spacial score (nSPS) is 30.5. The Labute approximate surface area is 36.8 Å². The Morgan fingerprint density at radius 3 is 3.00 bits per heavy atom. The lowest BCUT2D eigenvalue weighted by molar-refractivity contribution is 0.158. The molecule has 0 spiro atoms. The van der Waals surface area contributed by atoms with Gasteiger partial charge in [-0.25, -0.2) is 0 Å². The molecule has 2 heteroatoms. The van der Waals surface area contributed by atoms with Gasteiger partial charge in [-0.1, -0.05) is 12.1 Å². The van der Waals surface area contributed by atoms with Gasteiger partial charge >= 0.3 is 0 Å². The fourth-order valence-electron chi connectivity index (χ4n) is 0.314. The molecular weight excluding hydrogens is 78.0 g/mol. The van der Waals surface area contributed by atoms with Crippen LogP contribution >= 0.6 is 0 Å². The van der Waals surface area contributed by atoms with Crippen LogP contribution in [-0.2, 0) is 4.84 Å². The van der Waals surface area contributed by atoms with E-state index in [0.717, 1.165) is 0 Å². The second kappa shape index (κ2) is 1.29. The van der Waals surface area contributed by atoms with Crippen molar-refractivity contribution in [2.45, 2.75) is 6.92 Å². The maximum atomic E-state index is 4.57. The van der Waals surface area contributed by atoms with Crippen LogP contribution in [0.5, 0.6) is 0 Å². The molecule has 0 aromatic carbocycles. The number of hydrogen-bond acceptors (Lipinski definition) is 2. The molecule has 0 saturated heterocycles. The van der Waals surface area contributed by atoms with Gasteiger partial charge in [0.05, 0.1) is 0 Å². The maximum Gasteiger partial charge on any atom is 0.125 e. The van der Waals surface area contributed by atoms with Crippen LogP contribution in [0.25, 0.3) is 0 Å². The minimum Gasteiger partial charge on any atom is -0.395 e. The van der Waals surface area contributed by atoms with E-state index in [1.165, 1.54) is 0 Å². The van der Waals surface area contributed by atoms with Crippen molar-refractivity contribution in [2.75, 3.05) is 6.61 Å². The van der Waals surface area contributed by atoms with Gasteiger partial charge in [0.15, 0.2) is 0 Å². The first-order chi connectivity index (χ1) is 2.89. The Kier molecular flexibility index (Phi) is 0.783. The molecule has 1 rings (SSSR count). The van der Waals surface area contributed by atoms with E-state index < -0.39 is 0 Å². The summed E-state index contributed by atoms with van der Waals surface area (Å²) in [7, 11) is 0. The van der Waals surface area contributed by atoms with Crippen molar-refractivity contribution >= 4 is 6.21 Å². The lowest BCUT2D eigenvalue weighted by Gasteiger charge is -1.85. The molecule has 6 heavy (non-hydrogen) atoms. The summed E-state index contributed by atoms with van der Waals surface area (Å²) in [5, 5.41) is 3.41. The van der Waals surface area contributed by atoms with E-state index >= 15 is 0 Å². The molecule has 1 heterocycles. The van der Waals surface area contributed by atoms with E-state index in [2.05, 4.69) is 16.2 Å². The maximum absolute atomic E-state index is 4.57. The zero-order valence-corrected chi connectivity index (χ0v) is 3.64. The summed E-state index contributed by atoms with van der Waals surface area (Å²) in [5.41, 5.74) is 0. The summed E-state index contributed by atoms with van der Waals surface area (Å²) in [6.45, 7) is 2.72. The highest BCUT2D eigenvalue weighted by Crippen LogP contribution is 1.98. The lowest BCUT2D eigenvalue weighted by atomic mass is 10.2. The Morgan fingerprint density at radius 2 is 2.83 bits per heavy atom. The minimum absolute atomic E-state index is 0.407. The predicted octanol–water partition coefficient (Wildman–Crippen LogP) is 0.516. The summed E-state index contributed by atoms with van der Waals surface area (Å²) in [6.07, 6.45) is 2.72. The molecule has 0 amide bonds. The highest BCUT2D eigenvalue weighted by Gasteiger charge is 2.03. The van der Waals surface area contributed by atoms with Crippen LogP contribution < -0.4 is 0 Å². The predicted molar refractivity (Wildman–Crippen MR) is 22.6 cm³/mol. The SMILES string of the molecule is CC1[C]=NOC1. The highest BCUT2D eigenvalue weighted by molar-refractivity contribution is 5.60. The molecule has 0 fully saturated rings. The summed E-state index contributed by atoms with van der Waals surface area (Å²) < 4.78 is 0. The topological polar surface area (TPSA) is 21.6 Å². The molecule has 1 radical (unpaired) electrons. The molecule has 0 aliphatic carbocycles. The third-order valence-electron chi connectivity index (χ3n) is 0.662. The second-order valence-corrected chi connectivity index (χ2v) is 1.42. The van der Waals surface area contributed by atoms with Crippen LogP contribution in [0.15, 0.2) is 5.16 Å². The van der Waals surface area contributed by atoms with E-state index in [0.29, 0.717) is 12.5 Å². The van der Waals surface area contributed by atoms with Gasteiger partial charge in [-0.2, -0.15) is 0 Å². The van der Waals surface area contributed by atoms with Gasteiger partial charge in [-0.05, 0) is 0 Å². The molecule has 0 aromatic rings. The Hall–Kier alpha value is -0.530. The first-order valence-corrected chi connectivity index (χ1v) is 1.97. The Bertz CT molecular complexity index is 69.9. The number of rotatable bonds is 0. The quantitative estimate of drug-likeness (QED) is 0.419. The fraction of sp³-hybridized carbons (Fsp3) is 0.750. The van der Waals surface area contributed by atoms with Crippen molar-refractivity contribution in [1.82, 2.24) is 0 Å². The molecule has 0 N–H and O–H groups in total. The molecule has 0 bridgehead atoms. The van der Waals surface area contributed by atoms with E-state index in [1.54, 1.807) is 0 Å². The molecule has 1 aliphatic rings. The van der Waals surface area contributed by atoms with Gasteiger partial charge in [-0.3, -0.25) is 0 Å². The molecule has 33 valence electrons. The smallest absolute Gasteiger partial charge is 0.125 e. The van der Waals surface area contributed by atoms with Gasteiger partial charge in [0.25, 0.3) is 0 Å². The number of hydrogen-bond donors (Lipinski definition) is 0. The van der Waals surface area contributed by atoms with Crippen LogP contribution in [0.2, 0.25) is 0 Å². The molecule has 2 nitrogen and oxygen atoms in total. The van der Waals surface area contributed by atoms with E-state index in [-0.39, 0.29) is 0 Å². The molecule has 1 unspecified atom stereocenters. The minimum atomic E-state index is 0.407. The monoisotopic (exact) mass is 84.0 g/mol. The zero-order chi connectivity index (χ0) is 4.41. The van der Waals surface area contributed by atoms with Crippen molar-refractivity contribution in [3.63, 3.8) is 0 Å². The largest absolute Gasteiger partial charge is 0.395 e. The first kappa shape index (κ1) is 3.65. The standard InChI is InChI=1S/C4H6NO/c1-4-2-5-6-3-4/h4H,3H2,1H3.